The Kier molecular flexibility index (Phi) is 2.97. The Morgan fingerprint density at radius 1 is 1.18 bits per heavy atom. The van der Waals surface area contributed by atoms with Crippen molar-refractivity contribution in [2.75, 3.05) is 5.32 Å². The molecule has 2 heterocycles. The van der Waals surface area contributed by atoms with Crippen LogP contribution in [-0.2, 0) is 6.54 Å². The molecule has 22 heavy (non-hydrogen) atoms. The smallest absolute Gasteiger partial charge is 0.163 e. The molecular formula is C16H14N6. The third-order valence-electron chi connectivity index (χ3n) is 3.79. The fraction of sp³-hybridized carbons (Fsp3) is 0.250. The Hall–Kier alpha value is -2.94. The van der Waals surface area contributed by atoms with E-state index in [1.165, 1.54) is 18.4 Å². The first kappa shape index (κ1) is 12.8. The highest BCUT2D eigenvalue weighted by atomic mass is 15.2. The lowest BCUT2D eigenvalue weighted by molar-refractivity contribution is 0.710. The number of hydrogen-bond donors (Lipinski definition) is 1. The van der Waals surface area contributed by atoms with Crippen molar-refractivity contribution in [2.45, 2.75) is 25.4 Å². The maximum Gasteiger partial charge on any atom is 0.163 e. The van der Waals surface area contributed by atoms with Gasteiger partial charge >= 0.3 is 0 Å². The summed E-state index contributed by atoms with van der Waals surface area (Å²) in [6, 6.07) is 14.2. The molecule has 3 aromatic rings. The number of hydrogen-bond acceptors (Lipinski definition) is 5. The molecule has 1 saturated carbocycles. The summed E-state index contributed by atoms with van der Waals surface area (Å²) in [6.45, 7) is 0.589. The van der Waals surface area contributed by atoms with Gasteiger partial charge in [0.15, 0.2) is 5.69 Å². The van der Waals surface area contributed by atoms with Gasteiger partial charge in [0.1, 0.15) is 17.7 Å². The van der Waals surface area contributed by atoms with Gasteiger partial charge in [0, 0.05) is 6.04 Å². The first-order valence-corrected chi connectivity index (χ1v) is 7.29. The molecular weight excluding hydrogens is 276 g/mol. The molecule has 0 bridgehead atoms. The molecule has 0 spiro atoms. The third-order valence-corrected chi connectivity index (χ3v) is 3.79. The first-order chi connectivity index (χ1) is 10.8. The number of para-hydroxylation sites is 2. The number of aromatic nitrogens is 4. The molecule has 0 atom stereocenters. The second-order valence-corrected chi connectivity index (χ2v) is 5.39. The largest absolute Gasteiger partial charge is 0.361 e. The lowest BCUT2D eigenvalue weighted by atomic mass is 10.3. The van der Waals surface area contributed by atoms with Gasteiger partial charge in [-0.25, -0.2) is 4.98 Å². The summed E-state index contributed by atoms with van der Waals surface area (Å²) in [5.74, 6) is 1.66. The zero-order chi connectivity index (χ0) is 14.9. The fourth-order valence-corrected chi connectivity index (χ4v) is 2.62. The Labute approximate surface area is 127 Å². The van der Waals surface area contributed by atoms with E-state index in [2.05, 4.69) is 26.1 Å². The van der Waals surface area contributed by atoms with Crippen LogP contribution < -0.4 is 5.32 Å². The first-order valence-electron chi connectivity index (χ1n) is 7.29. The number of imidazole rings is 1. The van der Waals surface area contributed by atoms with Gasteiger partial charge < -0.3 is 9.88 Å². The van der Waals surface area contributed by atoms with E-state index >= 15 is 0 Å². The molecule has 1 fully saturated rings. The van der Waals surface area contributed by atoms with Gasteiger partial charge in [-0.2, -0.15) is 5.26 Å². The average molecular weight is 290 g/mol. The van der Waals surface area contributed by atoms with E-state index < -0.39 is 0 Å². The summed E-state index contributed by atoms with van der Waals surface area (Å²) in [5.41, 5.74) is 2.53. The van der Waals surface area contributed by atoms with E-state index in [1.54, 1.807) is 12.1 Å². The predicted molar refractivity (Wildman–Crippen MR) is 82.1 cm³/mol. The van der Waals surface area contributed by atoms with E-state index in [4.69, 9.17) is 10.2 Å². The molecule has 4 rings (SSSR count). The van der Waals surface area contributed by atoms with Crippen molar-refractivity contribution < 1.29 is 0 Å². The maximum atomic E-state index is 8.74. The lowest BCUT2D eigenvalue weighted by Gasteiger charge is -2.08. The number of rotatable bonds is 4. The van der Waals surface area contributed by atoms with Crippen molar-refractivity contribution in [3.63, 3.8) is 0 Å². The molecule has 2 aromatic heterocycles. The van der Waals surface area contributed by atoms with Crippen molar-refractivity contribution >= 4 is 16.9 Å². The number of fused-ring (bicyclic) bond motifs is 1. The number of nitrogens with one attached hydrogen (secondary N) is 1. The minimum Gasteiger partial charge on any atom is -0.361 e. The van der Waals surface area contributed by atoms with E-state index in [9.17, 15) is 0 Å². The van der Waals surface area contributed by atoms with Crippen LogP contribution in [0.2, 0.25) is 0 Å². The minimum atomic E-state index is 0.316. The van der Waals surface area contributed by atoms with Crippen LogP contribution in [0.15, 0.2) is 36.4 Å². The summed E-state index contributed by atoms with van der Waals surface area (Å²) >= 11 is 0. The Balaban J connectivity index is 1.61. The predicted octanol–water partition coefficient (Wildman–Crippen LogP) is 2.64. The molecule has 0 unspecified atom stereocenters. The van der Waals surface area contributed by atoms with Crippen LogP contribution >= 0.6 is 0 Å². The van der Waals surface area contributed by atoms with Crippen LogP contribution in [0, 0.1) is 11.3 Å². The monoisotopic (exact) mass is 290 g/mol. The van der Waals surface area contributed by atoms with Crippen LogP contribution in [0.3, 0.4) is 0 Å². The molecule has 1 aliphatic carbocycles. The van der Waals surface area contributed by atoms with Crippen LogP contribution in [0.1, 0.15) is 30.4 Å². The highest BCUT2D eigenvalue weighted by Gasteiger charge is 2.27. The summed E-state index contributed by atoms with van der Waals surface area (Å²) in [6.07, 6.45) is 2.42. The Morgan fingerprint density at radius 2 is 2.05 bits per heavy atom. The summed E-state index contributed by atoms with van der Waals surface area (Å²) in [5, 5.41) is 19.8. The second-order valence-electron chi connectivity index (χ2n) is 5.39. The number of benzene rings is 1. The molecule has 108 valence electrons. The quantitative estimate of drug-likeness (QED) is 0.799. The van der Waals surface area contributed by atoms with Crippen molar-refractivity contribution in [1.29, 1.82) is 5.26 Å². The van der Waals surface area contributed by atoms with E-state index in [1.807, 2.05) is 24.3 Å². The van der Waals surface area contributed by atoms with E-state index in [0.717, 1.165) is 11.3 Å². The molecule has 1 aliphatic rings. The van der Waals surface area contributed by atoms with Crippen LogP contribution in [0.25, 0.3) is 11.0 Å². The molecule has 0 amide bonds. The van der Waals surface area contributed by atoms with E-state index in [0.29, 0.717) is 24.1 Å². The van der Waals surface area contributed by atoms with E-state index in [-0.39, 0.29) is 0 Å². The van der Waals surface area contributed by atoms with Gasteiger partial charge in [-0.15, -0.1) is 10.2 Å². The zero-order valence-corrected chi connectivity index (χ0v) is 11.9. The average Bonchev–Trinajstić information content (AvgIpc) is 3.33. The lowest BCUT2D eigenvalue weighted by Crippen LogP contribution is -2.09. The highest BCUT2D eigenvalue weighted by molar-refractivity contribution is 5.76. The summed E-state index contributed by atoms with van der Waals surface area (Å²) < 4.78 is 2.32. The molecule has 0 radical (unpaired) electrons. The van der Waals surface area contributed by atoms with Gasteiger partial charge in [0.05, 0.1) is 17.6 Å². The normalized spacial score (nSPS) is 14.0. The Morgan fingerprint density at radius 3 is 2.77 bits per heavy atom. The second kappa shape index (κ2) is 5.11. The molecule has 1 aromatic carbocycles. The summed E-state index contributed by atoms with van der Waals surface area (Å²) in [4.78, 5) is 4.72. The van der Waals surface area contributed by atoms with Crippen molar-refractivity contribution in [3.8, 4) is 6.07 Å². The van der Waals surface area contributed by atoms with Crippen LogP contribution in [0.5, 0.6) is 0 Å². The zero-order valence-electron chi connectivity index (χ0n) is 11.9. The number of anilines is 1. The van der Waals surface area contributed by atoms with Gasteiger partial charge in [-0.3, -0.25) is 0 Å². The minimum absolute atomic E-state index is 0.316. The molecule has 1 N–H and O–H groups in total. The SMILES string of the molecule is N#Cc1ccc(NCc2nc3ccccc3n2C2CC2)nn1. The fourth-order valence-electron chi connectivity index (χ4n) is 2.62. The van der Waals surface area contributed by atoms with Gasteiger partial charge in [0.25, 0.3) is 0 Å². The highest BCUT2D eigenvalue weighted by Crippen LogP contribution is 2.38. The Bertz CT molecular complexity index is 854. The summed E-state index contributed by atoms with van der Waals surface area (Å²) in [7, 11) is 0. The molecule has 0 aliphatic heterocycles. The topological polar surface area (TPSA) is 79.4 Å². The molecule has 0 saturated heterocycles. The van der Waals surface area contributed by atoms with Crippen molar-refractivity contribution in [1.82, 2.24) is 19.7 Å². The molecule has 6 heteroatoms. The van der Waals surface area contributed by atoms with Crippen molar-refractivity contribution in [3.05, 3.63) is 47.9 Å². The standard InChI is InChI=1S/C16H14N6/c17-9-11-5-8-15(21-20-11)18-10-16-19-13-3-1-2-4-14(13)22(16)12-6-7-12/h1-5,8,12H,6-7,10H2,(H,18,21). The van der Waals surface area contributed by atoms with Gasteiger partial charge in [0.2, 0.25) is 0 Å². The van der Waals surface area contributed by atoms with Crippen LogP contribution in [0.4, 0.5) is 5.82 Å². The number of nitriles is 1. The third kappa shape index (κ3) is 2.27. The maximum absolute atomic E-state index is 8.74. The van der Waals surface area contributed by atoms with Gasteiger partial charge in [-0.1, -0.05) is 12.1 Å². The molecule has 6 nitrogen and oxygen atoms in total. The number of nitrogens with zero attached hydrogens (tertiary/aromatic N) is 5. The van der Waals surface area contributed by atoms with Gasteiger partial charge in [-0.05, 0) is 37.1 Å². The van der Waals surface area contributed by atoms with Crippen LogP contribution in [-0.4, -0.2) is 19.7 Å². The van der Waals surface area contributed by atoms with Crippen molar-refractivity contribution in [2.24, 2.45) is 0 Å².